The predicted octanol–water partition coefficient (Wildman–Crippen LogP) is 4.05. The summed E-state index contributed by atoms with van der Waals surface area (Å²) in [7, 11) is 0. The maximum absolute atomic E-state index is 12.5. The highest BCUT2D eigenvalue weighted by molar-refractivity contribution is 7.99. The van der Waals surface area contributed by atoms with Crippen LogP contribution in [0.1, 0.15) is 24.8 Å². The van der Waals surface area contributed by atoms with Gasteiger partial charge in [0.2, 0.25) is 11.7 Å². The number of allylic oxidation sites excluding steroid dienone is 1. The van der Waals surface area contributed by atoms with Crippen molar-refractivity contribution in [1.29, 1.82) is 0 Å². The van der Waals surface area contributed by atoms with Crippen molar-refractivity contribution in [3.8, 4) is 11.6 Å². The van der Waals surface area contributed by atoms with Gasteiger partial charge in [-0.15, -0.1) is 16.8 Å². The molecule has 1 fully saturated rings. The molecule has 6 nitrogen and oxygen atoms in total. The highest BCUT2D eigenvalue weighted by Gasteiger charge is 2.38. The normalized spacial score (nSPS) is 14.9. The lowest BCUT2D eigenvalue weighted by Crippen LogP contribution is -2.46. The van der Waals surface area contributed by atoms with Gasteiger partial charge in [-0.1, -0.05) is 54.6 Å². The van der Waals surface area contributed by atoms with Crippen LogP contribution in [0.2, 0.25) is 0 Å². The minimum absolute atomic E-state index is 0.00454. The second kappa shape index (κ2) is 8.69. The first-order chi connectivity index (χ1) is 14.2. The number of furan rings is 1. The zero-order valence-electron chi connectivity index (χ0n) is 16.2. The molecular weight excluding hydrogens is 384 g/mol. The van der Waals surface area contributed by atoms with E-state index >= 15 is 0 Å². The van der Waals surface area contributed by atoms with Gasteiger partial charge in [0.25, 0.3) is 0 Å². The molecule has 1 aromatic carbocycles. The fourth-order valence-electron chi connectivity index (χ4n) is 3.69. The summed E-state index contributed by atoms with van der Waals surface area (Å²) in [6.45, 7) is 5.02. The van der Waals surface area contributed by atoms with Crippen LogP contribution in [0.25, 0.3) is 11.6 Å². The van der Waals surface area contributed by atoms with Crippen molar-refractivity contribution in [1.82, 2.24) is 20.1 Å². The van der Waals surface area contributed by atoms with E-state index in [2.05, 4.69) is 46.4 Å². The Balaban J connectivity index is 1.37. The van der Waals surface area contributed by atoms with Crippen molar-refractivity contribution in [2.75, 3.05) is 12.3 Å². The molecule has 1 saturated carbocycles. The molecule has 2 heterocycles. The second-order valence-electron chi connectivity index (χ2n) is 7.25. The van der Waals surface area contributed by atoms with Crippen molar-refractivity contribution in [3.63, 3.8) is 0 Å². The summed E-state index contributed by atoms with van der Waals surface area (Å²) in [6.07, 6.45) is 6.82. The van der Waals surface area contributed by atoms with Gasteiger partial charge in [-0.3, -0.25) is 9.36 Å². The number of benzene rings is 1. The molecule has 3 aromatic rings. The summed E-state index contributed by atoms with van der Waals surface area (Å²) in [5, 5.41) is 12.3. The number of rotatable bonds is 9. The SMILES string of the molecule is C=CCn1c(SCC(=O)NCC2(c3ccccc3)CCC2)nnc1-c1ccco1. The molecular formula is C22H24N4O2S. The van der Waals surface area contributed by atoms with Gasteiger partial charge in [0.1, 0.15) is 0 Å². The summed E-state index contributed by atoms with van der Waals surface area (Å²) in [6, 6.07) is 14.1. The summed E-state index contributed by atoms with van der Waals surface area (Å²) < 4.78 is 7.34. The molecule has 4 rings (SSSR count). The number of amides is 1. The third-order valence-corrected chi connectivity index (χ3v) is 6.39. The molecule has 0 unspecified atom stereocenters. The standard InChI is InChI=1S/C22H24N4O2S/c1-2-13-26-20(18-10-6-14-28-18)24-25-21(26)29-15-19(27)23-16-22(11-7-12-22)17-8-4-3-5-9-17/h2-6,8-10,14H,1,7,11-13,15-16H2,(H,23,27). The van der Waals surface area contributed by atoms with Crippen LogP contribution in [0.4, 0.5) is 0 Å². The minimum atomic E-state index is 0.00454. The number of hydrogen-bond donors (Lipinski definition) is 1. The summed E-state index contributed by atoms with van der Waals surface area (Å²) in [5.41, 5.74) is 1.39. The van der Waals surface area contributed by atoms with E-state index in [0.717, 1.165) is 12.8 Å². The third kappa shape index (κ3) is 4.15. The van der Waals surface area contributed by atoms with Gasteiger partial charge in [0.05, 0.1) is 12.0 Å². The second-order valence-corrected chi connectivity index (χ2v) is 8.19. The van der Waals surface area contributed by atoms with E-state index in [1.807, 2.05) is 22.8 Å². The largest absolute Gasteiger partial charge is 0.461 e. The van der Waals surface area contributed by atoms with E-state index in [4.69, 9.17) is 4.42 Å². The lowest BCUT2D eigenvalue weighted by Gasteiger charge is -2.42. The van der Waals surface area contributed by atoms with Gasteiger partial charge in [0.15, 0.2) is 10.9 Å². The van der Waals surface area contributed by atoms with Gasteiger partial charge in [-0.05, 0) is 30.5 Å². The van der Waals surface area contributed by atoms with Gasteiger partial charge in [-0.25, -0.2) is 0 Å². The van der Waals surface area contributed by atoms with E-state index in [0.29, 0.717) is 29.8 Å². The summed E-state index contributed by atoms with van der Waals surface area (Å²) in [5.74, 6) is 1.57. The number of hydrogen-bond acceptors (Lipinski definition) is 5. The van der Waals surface area contributed by atoms with Crippen LogP contribution in [0, 0.1) is 0 Å². The first-order valence-electron chi connectivity index (χ1n) is 9.75. The lowest BCUT2D eigenvalue weighted by atomic mass is 9.64. The Kier molecular flexibility index (Phi) is 5.85. The van der Waals surface area contributed by atoms with Crippen LogP contribution >= 0.6 is 11.8 Å². The number of nitrogens with zero attached hydrogens (tertiary/aromatic N) is 3. The Labute approximate surface area is 174 Å². The Morgan fingerprint density at radius 2 is 2.07 bits per heavy atom. The van der Waals surface area contributed by atoms with E-state index < -0.39 is 0 Å². The highest BCUT2D eigenvalue weighted by atomic mass is 32.2. The van der Waals surface area contributed by atoms with Crippen molar-refractivity contribution < 1.29 is 9.21 Å². The molecule has 1 aliphatic carbocycles. The predicted molar refractivity (Wildman–Crippen MR) is 114 cm³/mol. The van der Waals surface area contributed by atoms with Crippen molar-refractivity contribution in [2.24, 2.45) is 0 Å². The average Bonchev–Trinajstić information content (AvgIpc) is 3.37. The quantitative estimate of drug-likeness (QED) is 0.427. The molecule has 7 heteroatoms. The molecule has 1 N–H and O–H groups in total. The van der Waals surface area contributed by atoms with Crippen LogP contribution in [0.5, 0.6) is 0 Å². The topological polar surface area (TPSA) is 73.0 Å². The van der Waals surface area contributed by atoms with Gasteiger partial charge in [-0.2, -0.15) is 0 Å². The molecule has 150 valence electrons. The molecule has 1 aliphatic rings. The van der Waals surface area contributed by atoms with Crippen LogP contribution in [0.15, 0.2) is 71.0 Å². The van der Waals surface area contributed by atoms with Crippen molar-refractivity contribution in [2.45, 2.75) is 36.4 Å². The number of carbonyl (C=O) groups excluding carboxylic acids is 1. The van der Waals surface area contributed by atoms with E-state index in [9.17, 15) is 4.79 Å². The van der Waals surface area contributed by atoms with Crippen LogP contribution in [-0.2, 0) is 16.8 Å². The zero-order valence-corrected chi connectivity index (χ0v) is 17.0. The summed E-state index contributed by atoms with van der Waals surface area (Å²) in [4.78, 5) is 12.5. The highest BCUT2D eigenvalue weighted by Crippen LogP contribution is 2.43. The van der Waals surface area contributed by atoms with Crippen LogP contribution < -0.4 is 5.32 Å². The van der Waals surface area contributed by atoms with Crippen molar-refractivity contribution in [3.05, 3.63) is 66.9 Å². The molecule has 0 atom stereocenters. The molecule has 2 aromatic heterocycles. The molecule has 1 amide bonds. The Morgan fingerprint density at radius 1 is 1.24 bits per heavy atom. The maximum atomic E-state index is 12.5. The Morgan fingerprint density at radius 3 is 2.72 bits per heavy atom. The molecule has 0 bridgehead atoms. The number of aromatic nitrogens is 3. The Bertz CT molecular complexity index is 962. The van der Waals surface area contributed by atoms with Crippen molar-refractivity contribution >= 4 is 17.7 Å². The van der Waals surface area contributed by atoms with E-state index in [1.165, 1.54) is 23.7 Å². The van der Waals surface area contributed by atoms with Crippen LogP contribution in [0.3, 0.4) is 0 Å². The van der Waals surface area contributed by atoms with Gasteiger partial charge < -0.3 is 9.73 Å². The third-order valence-electron chi connectivity index (χ3n) is 5.42. The first kappa shape index (κ1) is 19.5. The summed E-state index contributed by atoms with van der Waals surface area (Å²) >= 11 is 1.37. The molecule has 0 saturated heterocycles. The fraction of sp³-hybridized carbons (Fsp3) is 0.318. The maximum Gasteiger partial charge on any atom is 0.230 e. The van der Waals surface area contributed by atoms with Gasteiger partial charge in [0, 0.05) is 18.5 Å². The van der Waals surface area contributed by atoms with Gasteiger partial charge >= 0.3 is 0 Å². The van der Waals surface area contributed by atoms with E-state index in [1.54, 1.807) is 12.3 Å². The zero-order chi connectivity index (χ0) is 20.1. The molecule has 0 aliphatic heterocycles. The number of carbonyl (C=O) groups is 1. The number of thioether (sulfide) groups is 1. The van der Waals surface area contributed by atoms with Crippen LogP contribution in [-0.4, -0.2) is 33.0 Å². The smallest absolute Gasteiger partial charge is 0.230 e. The lowest BCUT2D eigenvalue weighted by molar-refractivity contribution is -0.119. The first-order valence-corrected chi connectivity index (χ1v) is 10.7. The number of nitrogens with one attached hydrogen (secondary N) is 1. The molecule has 0 spiro atoms. The molecule has 29 heavy (non-hydrogen) atoms. The Hall–Kier alpha value is -2.80. The minimum Gasteiger partial charge on any atom is -0.461 e. The van der Waals surface area contributed by atoms with E-state index in [-0.39, 0.29) is 17.1 Å². The monoisotopic (exact) mass is 408 g/mol. The average molecular weight is 409 g/mol. The fourth-order valence-corrected chi connectivity index (χ4v) is 4.47. The molecule has 0 radical (unpaired) electrons.